The van der Waals surface area contributed by atoms with Crippen LogP contribution in [0, 0.1) is 0 Å². The number of thioether (sulfide) groups is 1. The third kappa shape index (κ3) is 2.80. The fourth-order valence-corrected chi connectivity index (χ4v) is 5.84. The van der Waals surface area contributed by atoms with Gasteiger partial charge in [0.15, 0.2) is 5.92 Å². The van der Waals surface area contributed by atoms with E-state index >= 15 is 0 Å². The molecule has 2 fully saturated rings. The Labute approximate surface area is 162 Å². The highest BCUT2D eigenvalue weighted by molar-refractivity contribution is 8.01. The number of amides is 2. The maximum absolute atomic E-state index is 12.8. The topological polar surface area (TPSA) is 133 Å². The van der Waals surface area contributed by atoms with E-state index in [0.29, 0.717) is 5.56 Å². The van der Waals surface area contributed by atoms with E-state index in [1.165, 1.54) is 36.3 Å². The summed E-state index contributed by atoms with van der Waals surface area (Å²) in [6.45, 7) is 3.38. The van der Waals surface area contributed by atoms with Gasteiger partial charge in [0, 0.05) is 11.9 Å². The maximum Gasteiger partial charge on any atom is 0.327 e. The summed E-state index contributed by atoms with van der Waals surface area (Å²) in [6, 6.07) is 0.443. The minimum Gasteiger partial charge on any atom is -0.480 e. The van der Waals surface area contributed by atoms with E-state index in [0.717, 1.165) is 4.90 Å². The van der Waals surface area contributed by atoms with Gasteiger partial charge in [-0.2, -0.15) is 11.3 Å². The lowest BCUT2D eigenvalue weighted by Crippen LogP contribution is -2.80. The van der Waals surface area contributed by atoms with Crippen molar-refractivity contribution >= 4 is 46.9 Å². The van der Waals surface area contributed by atoms with Gasteiger partial charge in [-0.05, 0) is 36.2 Å². The molecule has 0 spiro atoms. The summed E-state index contributed by atoms with van der Waals surface area (Å²) in [7, 11) is 1.22. The van der Waals surface area contributed by atoms with Gasteiger partial charge in [-0.25, -0.2) is 4.79 Å². The molecule has 2 saturated heterocycles. The highest BCUT2D eigenvalue weighted by Gasteiger charge is 2.73. The number of aliphatic carboxylic acids is 2. The molecule has 0 unspecified atom stereocenters. The number of nitrogens with one attached hydrogen (secondary N) is 1. The summed E-state index contributed by atoms with van der Waals surface area (Å²) in [5.74, 6) is -5.61. The Balaban J connectivity index is 1.89. The Hall–Kier alpha value is -2.11. The monoisotopic (exact) mass is 414 g/mol. The average molecular weight is 414 g/mol. The van der Waals surface area contributed by atoms with E-state index in [-0.39, 0.29) is 0 Å². The van der Waals surface area contributed by atoms with Crippen LogP contribution in [0.1, 0.15) is 25.3 Å². The van der Waals surface area contributed by atoms with Gasteiger partial charge < -0.3 is 25.2 Å². The second kappa shape index (κ2) is 6.50. The molecule has 2 aliphatic rings. The fourth-order valence-electron chi connectivity index (χ4n) is 3.48. The molecule has 0 saturated carbocycles. The molecule has 0 aliphatic carbocycles. The maximum atomic E-state index is 12.8. The molecule has 4 atom stereocenters. The first-order chi connectivity index (χ1) is 12.6. The van der Waals surface area contributed by atoms with Gasteiger partial charge >= 0.3 is 11.9 Å². The first kappa shape index (κ1) is 19.6. The molecular weight excluding hydrogens is 396 g/mol. The predicted octanol–water partition coefficient (Wildman–Crippen LogP) is 0.522. The summed E-state index contributed by atoms with van der Waals surface area (Å²) in [6.07, 6.45) is 0. The van der Waals surface area contributed by atoms with Crippen LogP contribution in [-0.4, -0.2) is 67.9 Å². The molecule has 0 bridgehead atoms. The molecule has 1 aromatic heterocycles. The molecule has 0 radical (unpaired) electrons. The summed E-state index contributed by atoms with van der Waals surface area (Å²) < 4.78 is 4.50. The van der Waals surface area contributed by atoms with E-state index in [2.05, 4.69) is 5.32 Å². The minimum atomic E-state index is -1.80. The van der Waals surface area contributed by atoms with Crippen LogP contribution in [0.3, 0.4) is 0 Å². The van der Waals surface area contributed by atoms with Crippen LogP contribution >= 0.6 is 23.1 Å². The van der Waals surface area contributed by atoms with Gasteiger partial charge in [-0.3, -0.25) is 14.4 Å². The highest BCUT2D eigenvalue weighted by Crippen LogP contribution is 2.55. The van der Waals surface area contributed by atoms with Gasteiger partial charge in [0.2, 0.25) is 5.91 Å². The number of β-lactam (4-membered cyclic amide) rings is 1. The predicted molar refractivity (Wildman–Crippen MR) is 96.3 cm³/mol. The molecule has 27 heavy (non-hydrogen) atoms. The number of hydrogen-bond acceptors (Lipinski definition) is 7. The van der Waals surface area contributed by atoms with E-state index in [1.807, 2.05) is 0 Å². The Morgan fingerprint density at radius 2 is 2.00 bits per heavy atom. The number of rotatable bonds is 6. The van der Waals surface area contributed by atoms with Crippen molar-refractivity contribution in [3.05, 3.63) is 22.4 Å². The fraction of sp³-hybridized carbons (Fsp3) is 0.500. The van der Waals surface area contributed by atoms with Crippen molar-refractivity contribution in [3.8, 4) is 0 Å². The Kier molecular flexibility index (Phi) is 4.73. The number of carboxylic acid groups (broad SMARTS) is 2. The lowest BCUT2D eigenvalue weighted by molar-refractivity contribution is -0.201. The van der Waals surface area contributed by atoms with Crippen LogP contribution < -0.4 is 5.32 Å². The Morgan fingerprint density at radius 1 is 1.33 bits per heavy atom. The third-order valence-electron chi connectivity index (χ3n) is 4.76. The molecule has 2 amide bonds. The molecule has 2 aliphatic heterocycles. The van der Waals surface area contributed by atoms with Crippen molar-refractivity contribution in [1.82, 2.24) is 10.2 Å². The first-order valence-corrected chi connectivity index (χ1v) is 9.74. The number of hydrogen-bond donors (Lipinski definition) is 3. The van der Waals surface area contributed by atoms with Crippen LogP contribution in [0.2, 0.25) is 0 Å². The SMILES string of the molecule is CO[C@@]1(NC(=O)[C@H](C(=O)O)c2ccsc2)C(=O)N2[C@H]1SC(C)(C)[C@H]2C(=O)O. The van der Waals surface area contributed by atoms with Crippen LogP contribution in [0.4, 0.5) is 0 Å². The largest absolute Gasteiger partial charge is 0.480 e. The van der Waals surface area contributed by atoms with Crippen molar-refractivity contribution in [2.45, 2.75) is 41.7 Å². The number of carboxylic acids is 2. The molecule has 3 heterocycles. The zero-order chi connectivity index (χ0) is 20.1. The number of methoxy groups -OCH3 is 1. The smallest absolute Gasteiger partial charge is 0.327 e. The van der Waals surface area contributed by atoms with Gasteiger partial charge in [0.25, 0.3) is 11.6 Å². The van der Waals surface area contributed by atoms with Crippen LogP contribution in [0.25, 0.3) is 0 Å². The molecule has 11 heteroatoms. The van der Waals surface area contributed by atoms with Crippen LogP contribution in [-0.2, 0) is 23.9 Å². The highest BCUT2D eigenvalue weighted by atomic mass is 32.2. The van der Waals surface area contributed by atoms with Gasteiger partial charge in [-0.15, -0.1) is 11.8 Å². The Morgan fingerprint density at radius 3 is 2.48 bits per heavy atom. The number of carbonyl (C=O) groups excluding carboxylic acids is 2. The normalized spacial score (nSPS) is 29.6. The molecule has 3 rings (SSSR count). The lowest BCUT2D eigenvalue weighted by atomic mass is 9.92. The zero-order valence-corrected chi connectivity index (χ0v) is 16.3. The van der Waals surface area contributed by atoms with E-state index in [4.69, 9.17) is 4.74 Å². The standard InChI is InChI=1S/C16H18N2O7S2/c1-15(2)9(12(22)23)18-13(24)16(25-3,14(18)27-15)17-10(19)8(11(20)21)7-4-5-26-6-7/h4-6,8-9,14H,1-3H3,(H,17,19)(H,20,21)(H,22,23)/t8-,9-,14+,16+/m1/s1. The molecule has 9 nitrogen and oxygen atoms in total. The second-order valence-corrected chi connectivity index (χ2v) is 9.30. The van der Waals surface area contributed by atoms with Gasteiger partial charge in [-0.1, -0.05) is 0 Å². The molecule has 3 N–H and O–H groups in total. The number of carbonyl (C=O) groups is 4. The second-order valence-electron chi connectivity index (χ2n) is 6.78. The minimum absolute atomic E-state index is 0.294. The van der Waals surface area contributed by atoms with E-state index in [9.17, 15) is 29.4 Å². The van der Waals surface area contributed by atoms with Crippen molar-refractivity contribution in [2.24, 2.45) is 0 Å². The molecular formula is C16H18N2O7S2. The Bertz CT molecular complexity index is 810. The van der Waals surface area contributed by atoms with E-state index in [1.54, 1.807) is 24.6 Å². The molecule has 1 aromatic rings. The number of fused-ring (bicyclic) bond motifs is 1. The third-order valence-corrected chi connectivity index (χ3v) is 7.07. The number of nitrogens with zero attached hydrogens (tertiary/aromatic N) is 1. The van der Waals surface area contributed by atoms with Crippen molar-refractivity contribution in [2.75, 3.05) is 7.11 Å². The molecule has 0 aromatic carbocycles. The van der Waals surface area contributed by atoms with Crippen LogP contribution in [0.15, 0.2) is 16.8 Å². The van der Waals surface area contributed by atoms with Gasteiger partial charge in [0.05, 0.1) is 0 Å². The van der Waals surface area contributed by atoms with Crippen molar-refractivity contribution < 1.29 is 34.1 Å². The molecule has 146 valence electrons. The summed E-state index contributed by atoms with van der Waals surface area (Å²) in [4.78, 5) is 49.9. The zero-order valence-electron chi connectivity index (χ0n) is 14.7. The van der Waals surface area contributed by atoms with E-state index < -0.39 is 51.6 Å². The number of thiophene rings is 1. The lowest BCUT2D eigenvalue weighted by Gasteiger charge is -2.51. The average Bonchev–Trinajstić information content (AvgIpc) is 3.16. The van der Waals surface area contributed by atoms with Gasteiger partial charge in [0.1, 0.15) is 11.4 Å². The number of ether oxygens (including phenoxy) is 1. The summed E-state index contributed by atoms with van der Waals surface area (Å²) >= 11 is 2.43. The summed E-state index contributed by atoms with van der Waals surface area (Å²) in [5.41, 5.74) is -1.50. The van der Waals surface area contributed by atoms with Crippen molar-refractivity contribution in [1.29, 1.82) is 0 Å². The van der Waals surface area contributed by atoms with Crippen molar-refractivity contribution in [3.63, 3.8) is 0 Å². The van der Waals surface area contributed by atoms with Crippen LogP contribution in [0.5, 0.6) is 0 Å². The summed E-state index contributed by atoms with van der Waals surface area (Å²) in [5, 5.41) is 23.8. The quantitative estimate of drug-likeness (QED) is 0.349. The first-order valence-electron chi connectivity index (χ1n) is 7.92.